The van der Waals surface area contributed by atoms with Gasteiger partial charge in [-0.05, 0) is 30.3 Å². The number of morpholine rings is 1. The zero-order chi connectivity index (χ0) is 18.7. The molecule has 138 valence electrons. The van der Waals surface area contributed by atoms with Gasteiger partial charge in [0.05, 0.1) is 23.8 Å². The Morgan fingerprint density at radius 1 is 1.12 bits per heavy atom. The number of halogens is 1. The molecule has 0 saturated carbocycles. The van der Waals surface area contributed by atoms with E-state index in [9.17, 15) is 17.6 Å². The lowest BCUT2D eigenvalue weighted by atomic mass is 10.2. The van der Waals surface area contributed by atoms with Gasteiger partial charge in [-0.25, -0.2) is 12.8 Å². The smallest absolute Gasteiger partial charge is 0.264 e. The Bertz CT molecular complexity index is 911. The number of amides is 1. The molecule has 1 fully saturated rings. The third kappa shape index (κ3) is 3.56. The number of sulfonamides is 1. The summed E-state index contributed by atoms with van der Waals surface area (Å²) in [7, 11) is -2.72. The molecule has 0 atom stereocenters. The van der Waals surface area contributed by atoms with E-state index in [1.165, 1.54) is 43.4 Å². The third-order valence-corrected chi connectivity index (χ3v) is 6.00. The molecular formula is C18H19FN2O4S. The van der Waals surface area contributed by atoms with Gasteiger partial charge in [-0.15, -0.1) is 0 Å². The van der Waals surface area contributed by atoms with E-state index in [1.807, 2.05) is 0 Å². The van der Waals surface area contributed by atoms with Crippen LogP contribution in [0.3, 0.4) is 0 Å². The number of anilines is 1. The molecule has 1 aliphatic heterocycles. The van der Waals surface area contributed by atoms with Gasteiger partial charge in [0.15, 0.2) is 0 Å². The SMILES string of the molecule is CN(c1ccccc1F)S(=O)(=O)c1cccc(C(=O)N2CCOCC2)c1. The van der Waals surface area contributed by atoms with Crippen molar-refractivity contribution in [3.63, 3.8) is 0 Å². The van der Waals surface area contributed by atoms with E-state index in [1.54, 1.807) is 17.0 Å². The largest absolute Gasteiger partial charge is 0.378 e. The summed E-state index contributed by atoms with van der Waals surface area (Å²) in [6.07, 6.45) is 0. The standard InChI is InChI=1S/C18H19FN2O4S/c1-20(17-8-3-2-7-16(17)19)26(23,24)15-6-4-5-14(13-15)18(22)21-9-11-25-12-10-21/h2-8,13H,9-12H2,1H3. The molecule has 2 aromatic rings. The quantitative estimate of drug-likeness (QED) is 0.817. The van der Waals surface area contributed by atoms with Crippen LogP contribution in [-0.2, 0) is 14.8 Å². The lowest BCUT2D eigenvalue weighted by Crippen LogP contribution is -2.40. The Balaban J connectivity index is 1.91. The molecule has 0 aromatic heterocycles. The molecule has 0 unspecified atom stereocenters. The topological polar surface area (TPSA) is 66.9 Å². The Morgan fingerprint density at radius 2 is 1.81 bits per heavy atom. The van der Waals surface area contributed by atoms with Crippen molar-refractivity contribution < 1.29 is 22.3 Å². The van der Waals surface area contributed by atoms with E-state index in [-0.39, 0.29) is 22.1 Å². The molecule has 0 radical (unpaired) electrons. The van der Waals surface area contributed by atoms with Crippen molar-refractivity contribution in [1.82, 2.24) is 4.90 Å². The summed E-state index contributed by atoms with van der Waals surface area (Å²) in [5.41, 5.74) is 0.215. The number of nitrogens with zero attached hydrogens (tertiary/aromatic N) is 2. The van der Waals surface area contributed by atoms with Crippen LogP contribution in [0.1, 0.15) is 10.4 Å². The molecule has 0 N–H and O–H groups in total. The molecule has 26 heavy (non-hydrogen) atoms. The van der Waals surface area contributed by atoms with Crippen molar-refractivity contribution in [2.45, 2.75) is 4.90 Å². The predicted octanol–water partition coefficient (Wildman–Crippen LogP) is 2.12. The van der Waals surface area contributed by atoms with Crippen LogP contribution in [0.2, 0.25) is 0 Å². The number of carbonyl (C=O) groups is 1. The van der Waals surface area contributed by atoms with Crippen LogP contribution >= 0.6 is 0 Å². The highest BCUT2D eigenvalue weighted by atomic mass is 32.2. The van der Waals surface area contributed by atoms with Gasteiger partial charge >= 0.3 is 0 Å². The summed E-state index contributed by atoms with van der Waals surface area (Å²) >= 11 is 0. The molecule has 1 saturated heterocycles. The van der Waals surface area contributed by atoms with Crippen LogP contribution in [0.15, 0.2) is 53.4 Å². The van der Waals surface area contributed by atoms with Crippen molar-refractivity contribution in [3.8, 4) is 0 Å². The highest BCUT2D eigenvalue weighted by Gasteiger charge is 2.25. The first-order valence-electron chi connectivity index (χ1n) is 8.12. The van der Waals surface area contributed by atoms with Gasteiger partial charge in [-0.3, -0.25) is 9.10 Å². The first-order chi connectivity index (χ1) is 12.4. The van der Waals surface area contributed by atoms with Crippen molar-refractivity contribution in [1.29, 1.82) is 0 Å². The zero-order valence-corrected chi connectivity index (χ0v) is 15.1. The van der Waals surface area contributed by atoms with Crippen molar-refractivity contribution in [2.24, 2.45) is 0 Å². The van der Waals surface area contributed by atoms with Gasteiger partial charge in [0.1, 0.15) is 5.82 Å². The Labute approximate surface area is 151 Å². The lowest BCUT2D eigenvalue weighted by molar-refractivity contribution is 0.0302. The second-order valence-corrected chi connectivity index (χ2v) is 7.83. The molecule has 3 rings (SSSR count). The van der Waals surface area contributed by atoms with E-state index < -0.39 is 15.8 Å². The van der Waals surface area contributed by atoms with E-state index in [2.05, 4.69) is 0 Å². The molecule has 0 bridgehead atoms. The fraction of sp³-hybridized carbons (Fsp3) is 0.278. The second kappa shape index (κ2) is 7.43. The normalized spacial score (nSPS) is 14.9. The molecule has 0 spiro atoms. The van der Waals surface area contributed by atoms with Gasteiger partial charge in [0.25, 0.3) is 15.9 Å². The Hall–Kier alpha value is -2.45. The van der Waals surface area contributed by atoms with Crippen LogP contribution in [-0.4, -0.2) is 52.6 Å². The maximum atomic E-state index is 14.0. The minimum Gasteiger partial charge on any atom is -0.378 e. The fourth-order valence-corrected chi connectivity index (χ4v) is 3.98. The number of hydrogen-bond donors (Lipinski definition) is 0. The minimum absolute atomic E-state index is 0.0580. The van der Waals surface area contributed by atoms with Crippen molar-refractivity contribution >= 4 is 21.6 Å². The molecule has 1 amide bonds. The minimum atomic E-state index is -4.00. The number of hydrogen-bond acceptors (Lipinski definition) is 4. The van der Waals surface area contributed by atoms with Crippen molar-refractivity contribution in [2.75, 3.05) is 37.7 Å². The molecular weight excluding hydrogens is 359 g/mol. The summed E-state index contributed by atoms with van der Waals surface area (Å²) in [6, 6.07) is 11.4. The molecule has 6 nitrogen and oxygen atoms in total. The van der Waals surface area contributed by atoms with Crippen molar-refractivity contribution in [3.05, 3.63) is 59.9 Å². The van der Waals surface area contributed by atoms with E-state index in [0.717, 1.165) is 4.31 Å². The second-order valence-electron chi connectivity index (χ2n) is 5.86. The van der Waals surface area contributed by atoms with Crippen LogP contribution in [0.25, 0.3) is 0 Å². The first kappa shape index (κ1) is 18.3. The predicted molar refractivity (Wildman–Crippen MR) is 95.2 cm³/mol. The summed E-state index contributed by atoms with van der Waals surface area (Å²) < 4.78 is 45.8. The highest BCUT2D eigenvalue weighted by Crippen LogP contribution is 2.25. The molecule has 8 heteroatoms. The van der Waals surface area contributed by atoms with Gasteiger partial charge in [0, 0.05) is 25.7 Å². The van der Waals surface area contributed by atoms with E-state index >= 15 is 0 Å². The summed E-state index contributed by atoms with van der Waals surface area (Å²) in [6.45, 7) is 1.84. The van der Waals surface area contributed by atoms with E-state index in [0.29, 0.717) is 26.3 Å². The van der Waals surface area contributed by atoms with Crippen LogP contribution in [0, 0.1) is 5.82 Å². The van der Waals surface area contributed by atoms with Gasteiger partial charge < -0.3 is 9.64 Å². The average molecular weight is 378 g/mol. The number of para-hydroxylation sites is 1. The van der Waals surface area contributed by atoms with Crippen LogP contribution < -0.4 is 4.31 Å². The lowest BCUT2D eigenvalue weighted by Gasteiger charge is -2.27. The summed E-state index contributed by atoms with van der Waals surface area (Å²) in [5, 5.41) is 0. The fourth-order valence-electron chi connectivity index (χ4n) is 2.73. The average Bonchev–Trinajstić information content (AvgIpc) is 2.68. The first-order valence-corrected chi connectivity index (χ1v) is 9.56. The number of ether oxygens (including phenoxy) is 1. The van der Waals surface area contributed by atoms with Gasteiger partial charge in [-0.2, -0.15) is 0 Å². The Morgan fingerprint density at radius 3 is 2.50 bits per heavy atom. The molecule has 1 heterocycles. The maximum absolute atomic E-state index is 14.0. The van der Waals surface area contributed by atoms with Gasteiger partial charge in [0.2, 0.25) is 0 Å². The maximum Gasteiger partial charge on any atom is 0.264 e. The number of carbonyl (C=O) groups excluding carboxylic acids is 1. The van der Waals surface area contributed by atoms with E-state index in [4.69, 9.17) is 4.74 Å². The van der Waals surface area contributed by atoms with Crippen LogP contribution in [0.5, 0.6) is 0 Å². The number of benzene rings is 2. The monoisotopic (exact) mass is 378 g/mol. The summed E-state index contributed by atoms with van der Waals surface area (Å²) in [4.78, 5) is 14.1. The molecule has 2 aromatic carbocycles. The highest BCUT2D eigenvalue weighted by molar-refractivity contribution is 7.92. The molecule has 0 aliphatic carbocycles. The molecule has 1 aliphatic rings. The summed E-state index contributed by atoms with van der Waals surface area (Å²) in [5.74, 6) is -0.891. The van der Waals surface area contributed by atoms with Crippen LogP contribution in [0.4, 0.5) is 10.1 Å². The zero-order valence-electron chi connectivity index (χ0n) is 14.3. The Kier molecular flexibility index (Phi) is 5.24. The van der Waals surface area contributed by atoms with Gasteiger partial charge in [-0.1, -0.05) is 18.2 Å². The number of rotatable bonds is 4. The third-order valence-electron chi connectivity index (χ3n) is 4.23.